The van der Waals surface area contributed by atoms with Gasteiger partial charge in [0, 0.05) is 94.2 Å². The van der Waals surface area contributed by atoms with E-state index < -0.39 is 51.0 Å². The summed E-state index contributed by atoms with van der Waals surface area (Å²) in [5.74, 6) is -0.877. The molecule has 21 nitrogen and oxygen atoms in total. The number of azide groups is 1. The van der Waals surface area contributed by atoms with Crippen molar-refractivity contribution in [2.75, 3.05) is 91.7 Å². The Kier molecular flexibility index (Phi) is 29.2. The van der Waals surface area contributed by atoms with Gasteiger partial charge in [0.05, 0.1) is 37.4 Å². The number of Topliss-reactive ketones (excluding diaryl/α,β-unsaturated/α-hetero) is 2. The molecule has 1 saturated heterocycles. The Hall–Kier alpha value is -7.11. The van der Waals surface area contributed by atoms with Crippen LogP contribution >= 0.6 is 0 Å². The van der Waals surface area contributed by atoms with Crippen LogP contribution in [0, 0.1) is 0 Å². The molecule has 3 aliphatic carbocycles. The summed E-state index contributed by atoms with van der Waals surface area (Å²) in [7, 11) is -1.60. The van der Waals surface area contributed by atoms with Crippen LogP contribution in [0.5, 0.6) is 5.75 Å². The number of nitrogens with zero attached hydrogens (tertiary/aromatic N) is 6. The number of unbranched alkanes of at least 4 members (excludes halogenated alkanes) is 12. The van der Waals surface area contributed by atoms with Crippen molar-refractivity contribution in [2.45, 2.75) is 176 Å². The average molecular weight is 1310 g/mol. The predicted octanol–water partition coefficient (Wildman–Crippen LogP) is 9.63. The van der Waals surface area contributed by atoms with Crippen LogP contribution in [0.4, 0.5) is 9.57 Å². The van der Waals surface area contributed by atoms with Gasteiger partial charge >= 0.3 is 10.2 Å². The lowest BCUT2D eigenvalue weighted by molar-refractivity contribution is -0.144. The van der Waals surface area contributed by atoms with Gasteiger partial charge in [-0.25, -0.2) is 0 Å². The van der Waals surface area contributed by atoms with E-state index in [1.807, 2.05) is 6.07 Å². The number of hydrogen-bond acceptors (Lipinski definition) is 15. The van der Waals surface area contributed by atoms with E-state index in [2.05, 4.69) is 63.9 Å². The Morgan fingerprint density at radius 3 is 1.67 bits per heavy atom. The molecule has 7 N–H and O–H groups in total. The third-order valence-electron chi connectivity index (χ3n) is 18.2. The van der Waals surface area contributed by atoms with E-state index in [-0.39, 0.29) is 107 Å². The number of anilines is 1. The summed E-state index contributed by atoms with van der Waals surface area (Å²) >= 11 is 0. The summed E-state index contributed by atoms with van der Waals surface area (Å²) in [6, 6.07) is 21.8. The van der Waals surface area contributed by atoms with Crippen molar-refractivity contribution >= 4 is 51.1 Å². The Labute approximate surface area is 548 Å². The highest BCUT2D eigenvalue weighted by molar-refractivity contribution is 7.86. The second-order valence-corrected chi connectivity index (χ2v) is 26.4. The smallest absolute Gasteiger partial charge is 0.332 e. The molecular weight excluding hydrogens is 1210 g/mol. The first-order chi connectivity index (χ1) is 44.9. The predicted molar refractivity (Wildman–Crippen MR) is 356 cm³/mol. The van der Waals surface area contributed by atoms with Gasteiger partial charge in [0.25, 0.3) is 5.91 Å². The number of halogens is 1. The Morgan fingerprint density at radius 1 is 0.645 bits per heavy atom. The highest BCUT2D eigenvalue weighted by Crippen LogP contribution is 2.61. The maximum Gasteiger partial charge on any atom is 0.332 e. The van der Waals surface area contributed by atoms with Crippen molar-refractivity contribution in [3.63, 3.8) is 0 Å². The zero-order chi connectivity index (χ0) is 66.8. The number of hydrogen-bond donors (Lipinski definition) is 4. The van der Waals surface area contributed by atoms with E-state index in [1.54, 1.807) is 19.0 Å². The number of likely N-dealkylation sites (tertiary alicyclic amines) is 1. The highest BCUT2D eigenvalue weighted by atomic mass is 32.3. The number of carbonyl (C=O) groups is 6. The topological polar surface area (TPSA) is 313 Å². The number of nitrogens with two attached hydrogens (primary N) is 3. The second kappa shape index (κ2) is 37.1. The van der Waals surface area contributed by atoms with Crippen molar-refractivity contribution < 1.29 is 55.3 Å². The first-order valence-electron chi connectivity index (χ1n) is 33.4. The number of ketones is 2. The third-order valence-corrected chi connectivity index (χ3v) is 19.0. The number of ether oxygens (including phenoxy) is 3. The van der Waals surface area contributed by atoms with E-state index in [4.69, 9.17) is 36.9 Å². The molecular formula is C70H97FN10O11S. The third kappa shape index (κ3) is 20.9. The van der Waals surface area contributed by atoms with Crippen LogP contribution in [-0.4, -0.2) is 157 Å². The molecule has 0 spiro atoms. The first kappa shape index (κ1) is 73.3. The minimum atomic E-state index is -4.92. The van der Waals surface area contributed by atoms with Crippen LogP contribution in [0.1, 0.15) is 185 Å². The van der Waals surface area contributed by atoms with Crippen molar-refractivity contribution in [1.29, 1.82) is 0 Å². The van der Waals surface area contributed by atoms with Gasteiger partial charge in [0.2, 0.25) is 17.7 Å². The van der Waals surface area contributed by atoms with Crippen LogP contribution in [-0.2, 0) is 66.7 Å². The standard InChI is InChI=1S/C70H97FN10O11S/c1-79(36-38-90-40-41-91-39-37-80(2)69(87)64-47-53(77-78-75)48-81(64)67(86)49-92-56-24-26-57(27-25-56)93(71,88)89)66(85)31-32-70-61-44-50(42-54(82)18-12-6-3-9-15-33-72)21-28-58(61)68(59-29-22-51(45-62(59)70)43-55(83)19-13-7-4-10-16-34-73)60-30-23-52(46-63(60)70)76-65(84)20-14-8-5-11-17-35-74/h21-30,44-46,53,64,68H,3-20,31-43,47-49,72-74H2,1-2H3,(H,76,84)/t53-,64-,68?,70?/m0/s1. The van der Waals surface area contributed by atoms with Crippen LogP contribution in [0.3, 0.4) is 0 Å². The number of nitrogens with one attached hydrogen (secondary N) is 1. The van der Waals surface area contributed by atoms with Crippen molar-refractivity contribution in [2.24, 2.45) is 22.3 Å². The van der Waals surface area contributed by atoms with Gasteiger partial charge in [0.15, 0.2) is 6.61 Å². The fourth-order valence-electron chi connectivity index (χ4n) is 13.2. The summed E-state index contributed by atoms with van der Waals surface area (Å²) in [6.07, 6.45) is 16.9. The maximum absolute atomic E-state index is 14.6. The van der Waals surface area contributed by atoms with Gasteiger partial charge in [-0.05, 0) is 157 Å². The van der Waals surface area contributed by atoms with Crippen LogP contribution in [0.15, 0.2) is 88.9 Å². The molecule has 1 aliphatic heterocycles. The second-order valence-electron chi connectivity index (χ2n) is 25.0. The maximum atomic E-state index is 14.6. The average Bonchev–Trinajstić information content (AvgIpc) is 1.01. The lowest BCUT2D eigenvalue weighted by Gasteiger charge is -2.51. The Balaban J connectivity index is 1.02. The Bertz CT molecular complexity index is 3130. The molecule has 1 fully saturated rings. The molecule has 1 heterocycles. The summed E-state index contributed by atoms with van der Waals surface area (Å²) in [5.41, 5.74) is 34.2. The summed E-state index contributed by atoms with van der Waals surface area (Å²) in [4.78, 5) is 89.4. The van der Waals surface area contributed by atoms with E-state index in [9.17, 15) is 41.1 Å². The summed E-state index contributed by atoms with van der Waals surface area (Å²) < 4.78 is 53.1. The van der Waals surface area contributed by atoms with Gasteiger partial charge in [-0.3, -0.25) is 28.8 Å². The van der Waals surface area contributed by atoms with E-state index >= 15 is 0 Å². The molecule has 0 unspecified atom stereocenters. The molecule has 4 aliphatic rings. The zero-order valence-corrected chi connectivity index (χ0v) is 55.3. The molecule has 4 aromatic carbocycles. The SMILES string of the molecule is CN(CCOCCOCCN(C)C(=O)[C@@H]1C[C@H](N=[N+]=[N-])CN1C(=O)COc1ccc(S(=O)(=O)F)cc1)C(=O)CCC12c3cc(CC(=O)CCCCCCCN)ccc3C(c3ccc(CC(=O)CCCCCCCN)cc31)c1ccc(NC(=O)CCCCCCCN)cc12. The summed E-state index contributed by atoms with van der Waals surface area (Å²) in [5, 5.41) is 6.96. The molecule has 23 heteroatoms. The van der Waals surface area contributed by atoms with Crippen molar-refractivity contribution in [1.82, 2.24) is 14.7 Å². The zero-order valence-electron chi connectivity index (χ0n) is 54.5. The molecule has 506 valence electrons. The lowest BCUT2D eigenvalue weighted by atomic mass is 9.51. The van der Waals surface area contributed by atoms with E-state index in [0.717, 1.165) is 153 Å². The van der Waals surface area contributed by atoms with Crippen molar-refractivity contribution in [3.8, 4) is 5.75 Å². The molecule has 0 aromatic heterocycles. The lowest BCUT2D eigenvalue weighted by Crippen LogP contribution is -2.48. The van der Waals surface area contributed by atoms with Gasteiger partial charge in [-0.1, -0.05) is 105 Å². The van der Waals surface area contributed by atoms with Gasteiger partial charge in [-0.15, -0.1) is 3.89 Å². The molecule has 4 aromatic rings. The molecule has 0 saturated carbocycles. The fraction of sp³-hybridized carbons (Fsp3) is 0.571. The number of amides is 4. The normalized spacial score (nSPS) is 16.8. The number of rotatable bonds is 44. The minimum Gasteiger partial charge on any atom is -0.484 e. The monoisotopic (exact) mass is 1300 g/mol. The molecule has 2 atom stereocenters. The number of carbonyl (C=O) groups excluding carboxylic acids is 6. The quantitative estimate of drug-likeness (QED) is 0.0105. The number of likely N-dealkylation sites (N-methyl/N-ethyl adjacent to an activating group) is 2. The fourth-order valence-corrected chi connectivity index (χ4v) is 13.6. The van der Waals surface area contributed by atoms with E-state index in [1.165, 1.54) is 21.9 Å². The van der Waals surface area contributed by atoms with Crippen molar-refractivity contribution in [3.05, 3.63) is 134 Å². The minimum absolute atomic E-state index is 0.0204. The molecule has 0 radical (unpaired) electrons. The van der Waals surface area contributed by atoms with Crippen LogP contribution < -0.4 is 27.3 Å². The highest BCUT2D eigenvalue weighted by Gasteiger charge is 2.52. The molecule has 4 amide bonds. The van der Waals surface area contributed by atoms with Gasteiger partial charge in [0.1, 0.15) is 23.4 Å². The largest absolute Gasteiger partial charge is 0.484 e. The molecule has 8 rings (SSSR count). The van der Waals surface area contributed by atoms with E-state index in [0.29, 0.717) is 51.0 Å². The number of benzene rings is 4. The Morgan fingerprint density at radius 2 is 1.14 bits per heavy atom. The summed E-state index contributed by atoms with van der Waals surface area (Å²) in [6.45, 7) is 2.64. The first-order valence-corrected chi connectivity index (χ1v) is 34.8. The van der Waals surface area contributed by atoms with Crippen LogP contribution in [0.25, 0.3) is 10.4 Å². The van der Waals surface area contributed by atoms with Gasteiger partial charge in [-0.2, -0.15) is 8.42 Å². The molecule has 93 heavy (non-hydrogen) atoms. The molecule has 2 bridgehead atoms. The van der Waals surface area contributed by atoms with Gasteiger partial charge < -0.3 is 51.4 Å². The van der Waals surface area contributed by atoms with Crippen LogP contribution in [0.2, 0.25) is 0 Å².